The van der Waals surface area contributed by atoms with E-state index in [2.05, 4.69) is 20.2 Å². The van der Waals surface area contributed by atoms with Crippen molar-refractivity contribution in [3.8, 4) is 0 Å². The summed E-state index contributed by atoms with van der Waals surface area (Å²) in [4.78, 5) is 11.0. The molecule has 5 heteroatoms. The molecule has 1 aliphatic carbocycles. The van der Waals surface area contributed by atoms with Crippen LogP contribution in [0.3, 0.4) is 0 Å². The van der Waals surface area contributed by atoms with E-state index in [-0.39, 0.29) is 6.10 Å². The molecule has 0 atom stereocenters. The number of aromatic nitrogens is 2. The van der Waals surface area contributed by atoms with Crippen molar-refractivity contribution in [2.75, 3.05) is 30.4 Å². The normalized spacial score (nSPS) is 22.4. The molecule has 0 unspecified atom stereocenters. The van der Waals surface area contributed by atoms with E-state index in [1.165, 1.54) is 0 Å². The predicted octanol–water partition coefficient (Wildman–Crippen LogP) is 1.42. The van der Waals surface area contributed by atoms with Crippen LogP contribution >= 0.6 is 0 Å². The molecule has 5 nitrogen and oxygen atoms in total. The highest BCUT2D eigenvalue weighted by Crippen LogP contribution is 2.28. The number of rotatable bonds is 5. The second-order valence-electron chi connectivity index (χ2n) is 5.09. The lowest BCUT2D eigenvalue weighted by atomic mass is 9.82. The molecule has 1 aromatic heterocycles. The second kappa shape index (κ2) is 5.52. The Labute approximate surface area is 108 Å². The van der Waals surface area contributed by atoms with Crippen molar-refractivity contribution in [2.45, 2.75) is 32.8 Å². The molecule has 1 fully saturated rings. The molecule has 1 heterocycles. The zero-order valence-electron chi connectivity index (χ0n) is 11.3. The molecule has 1 aromatic rings. The molecule has 100 valence electrons. The van der Waals surface area contributed by atoms with Crippen LogP contribution in [-0.4, -0.2) is 41.3 Å². The predicted molar refractivity (Wildman–Crippen MR) is 72.9 cm³/mol. The number of anilines is 2. The molecule has 0 saturated heterocycles. The van der Waals surface area contributed by atoms with Crippen molar-refractivity contribution in [1.29, 1.82) is 0 Å². The van der Waals surface area contributed by atoms with Crippen molar-refractivity contribution in [3.63, 3.8) is 0 Å². The maximum absolute atomic E-state index is 9.31. The molecular weight excluding hydrogens is 228 g/mol. The molecule has 0 amide bonds. The summed E-state index contributed by atoms with van der Waals surface area (Å²) in [5, 5.41) is 12.4. The third-order valence-corrected chi connectivity index (χ3v) is 3.31. The molecule has 2 rings (SSSR count). The zero-order chi connectivity index (χ0) is 13.1. The SMILES string of the molecule is CCNc1nc(C)cc(N(C)CC2CC(O)C2)n1. The molecule has 1 saturated carbocycles. The Morgan fingerprint density at radius 1 is 1.44 bits per heavy atom. The van der Waals surface area contributed by atoms with Crippen molar-refractivity contribution >= 4 is 11.8 Å². The highest BCUT2D eigenvalue weighted by molar-refractivity contribution is 5.44. The van der Waals surface area contributed by atoms with Gasteiger partial charge in [-0.25, -0.2) is 4.98 Å². The standard InChI is InChI=1S/C13H22N4O/c1-4-14-13-15-9(2)5-12(16-13)17(3)8-10-6-11(18)7-10/h5,10-11,18H,4,6-8H2,1-3H3,(H,14,15,16). The lowest BCUT2D eigenvalue weighted by Gasteiger charge is -2.34. The summed E-state index contributed by atoms with van der Waals surface area (Å²) in [6.45, 7) is 5.78. The lowest BCUT2D eigenvalue weighted by Crippen LogP contribution is -2.37. The van der Waals surface area contributed by atoms with Crippen LogP contribution in [0, 0.1) is 12.8 Å². The van der Waals surface area contributed by atoms with Gasteiger partial charge in [0.2, 0.25) is 5.95 Å². The van der Waals surface area contributed by atoms with E-state index < -0.39 is 0 Å². The fourth-order valence-corrected chi connectivity index (χ4v) is 2.32. The fraction of sp³-hybridized carbons (Fsp3) is 0.692. The molecule has 2 N–H and O–H groups in total. The lowest BCUT2D eigenvalue weighted by molar-refractivity contribution is 0.0464. The molecule has 0 spiro atoms. The first-order chi connectivity index (χ1) is 8.58. The number of nitrogens with one attached hydrogen (secondary N) is 1. The number of aliphatic hydroxyl groups is 1. The van der Waals surface area contributed by atoms with Gasteiger partial charge in [0, 0.05) is 31.9 Å². The van der Waals surface area contributed by atoms with Crippen LogP contribution < -0.4 is 10.2 Å². The minimum Gasteiger partial charge on any atom is -0.393 e. The van der Waals surface area contributed by atoms with E-state index >= 15 is 0 Å². The van der Waals surface area contributed by atoms with Crippen LogP contribution in [0.25, 0.3) is 0 Å². The van der Waals surface area contributed by atoms with E-state index in [1.54, 1.807) is 0 Å². The molecule has 0 aliphatic heterocycles. The van der Waals surface area contributed by atoms with Crippen LogP contribution in [0.4, 0.5) is 11.8 Å². The van der Waals surface area contributed by atoms with Gasteiger partial charge in [-0.1, -0.05) is 0 Å². The Hall–Kier alpha value is -1.36. The third kappa shape index (κ3) is 3.10. The van der Waals surface area contributed by atoms with E-state index in [9.17, 15) is 5.11 Å². The summed E-state index contributed by atoms with van der Waals surface area (Å²) in [5.74, 6) is 2.22. The van der Waals surface area contributed by atoms with Crippen LogP contribution in [0.5, 0.6) is 0 Å². The summed E-state index contributed by atoms with van der Waals surface area (Å²) in [7, 11) is 2.04. The van der Waals surface area contributed by atoms with Gasteiger partial charge in [-0.15, -0.1) is 0 Å². The molecule has 18 heavy (non-hydrogen) atoms. The van der Waals surface area contributed by atoms with Gasteiger partial charge in [0.15, 0.2) is 0 Å². The first kappa shape index (κ1) is 13.1. The summed E-state index contributed by atoms with van der Waals surface area (Å²) >= 11 is 0. The van der Waals surface area contributed by atoms with Gasteiger partial charge in [-0.3, -0.25) is 0 Å². The number of nitrogens with zero attached hydrogens (tertiary/aromatic N) is 3. The average molecular weight is 250 g/mol. The van der Waals surface area contributed by atoms with E-state index in [1.807, 2.05) is 27.0 Å². The summed E-state index contributed by atoms with van der Waals surface area (Å²) in [5.41, 5.74) is 0.969. The molecule has 1 aliphatic rings. The Morgan fingerprint density at radius 2 is 2.17 bits per heavy atom. The zero-order valence-corrected chi connectivity index (χ0v) is 11.3. The van der Waals surface area contributed by atoms with Gasteiger partial charge in [-0.05, 0) is 32.6 Å². The van der Waals surface area contributed by atoms with Crippen molar-refractivity contribution in [1.82, 2.24) is 9.97 Å². The summed E-state index contributed by atoms with van der Waals surface area (Å²) < 4.78 is 0. The summed E-state index contributed by atoms with van der Waals surface area (Å²) in [6.07, 6.45) is 1.73. The van der Waals surface area contributed by atoms with E-state index in [0.29, 0.717) is 11.9 Å². The highest BCUT2D eigenvalue weighted by Gasteiger charge is 2.28. The number of aliphatic hydroxyl groups excluding tert-OH is 1. The minimum atomic E-state index is -0.0899. The second-order valence-corrected chi connectivity index (χ2v) is 5.09. The Kier molecular flexibility index (Phi) is 4.01. The van der Waals surface area contributed by atoms with Crippen molar-refractivity contribution < 1.29 is 5.11 Å². The maximum Gasteiger partial charge on any atom is 0.224 e. The molecule has 0 aromatic carbocycles. The minimum absolute atomic E-state index is 0.0899. The van der Waals surface area contributed by atoms with Crippen LogP contribution in [0.1, 0.15) is 25.5 Å². The molecular formula is C13H22N4O. The van der Waals surface area contributed by atoms with Gasteiger partial charge in [0.05, 0.1) is 6.10 Å². The third-order valence-electron chi connectivity index (χ3n) is 3.31. The summed E-state index contributed by atoms with van der Waals surface area (Å²) in [6, 6.07) is 2.00. The first-order valence-corrected chi connectivity index (χ1v) is 6.57. The van der Waals surface area contributed by atoms with Gasteiger partial charge < -0.3 is 15.3 Å². The Balaban J connectivity index is 2.02. The quantitative estimate of drug-likeness (QED) is 0.827. The largest absolute Gasteiger partial charge is 0.393 e. The smallest absolute Gasteiger partial charge is 0.224 e. The Morgan fingerprint density at radius 3 is 2.78 bits per heavy atom. The number of aryl methyl sites for hydroxylation is 1. The van der Waals surface area contributed by atoms with Gasteiger partial charge in [-0.2, -0.15) is 4.98 Å². The fourth-order valence-electron chi connectivity index (χ4n) is 2.32. The molecule has 0 radical (unpaired) electrons. The van der Waals surface area contributed by atoms with Gasteiger partial charge >= 0.3 is 0 Å². The van der Waals surface area contributed by atoms with Gasteiger partial charge in [0.25, 0.3) is 0 Å². The van der Waals surface area contributed by atoms with Crippen LogP contribution in [-0.2, 0) is 0 Å². The van der Waals surface area contributed by atoms with E-state index in [0.717, 1.165) is 37.4 Å². The highest BCUT2D eigenvalue weighted by atomic mass is 16.3. The topological polar surface area (TPSA) is 61.3 Å². The van der Waals surface area contributed by atoms with Gasteiger partial charge in [0.1, 0.15) is 5.82 Å². The molecule has 0 bridgehead atoms. The average Bonchev–Trinajstić information content (AvgIpc) is 2.26. The maximum atomic E-state index is 9.31. The van der Waals surface area contributed by atoms with Crippen LogP contribution in [0.2, 0.25) is 0 Å². The Bertz CT molecular complexity index is 404. The van der Waals surface area contributed by atoms with Crippen molar-refractivity contribution in [3.05, 3.63) is 11.8 Å². The van der Waals surface area contributed by atoms with Crippen LogP contribution in [0.15, 0.2) is 6.07 Å². The van der Waals surface area contributed by atoms with Crippen molar-refractivity contribution in [2.24, 2.45) is 5.92 Å². The first-order valence-electron chi connectivity index (χ1n) is 6.57. The number of hydrogen-bond donors (Lipinski definition) is 2. The monoisotopic (exact) mass is 250 g/mol. The van der Waals surface area contributed by atoms with E-state index in [4.69, 9.17) is 0 Å². The number of hydrogen-bond acceptors (Lipinski definition) is 5.